The van der Waals surface area contributed by atoms with Crippen molar-refractivity contribution in [3.05, 3.63) is 33.4 Å². The summed E-state index contributed by atoms with van der Waals surface area (Å²) in [7, 11) is 0. The van der Waals surface area contributed by atoms with E-state index in [9.17, 15) is 5.11 Å². The van der Waals surface area contributed by atoms with Gasteiger partial charge in [-0.15, -0.1) is 0 Å². The molecule has 0 heterocycles. The maximum atomic E-state index is 9.72. The molecule has 1 saturated carbocycles. The number of halogens is 1. The molecule has 1 fully saturated rings. The maximum Gasteiger partial charge on any atom is 0.0899 e. The van der Waals surface area contributed by atoms with Gasteiger partial charge in [-0.05, 0) is 53.1 Å². The first-order valence-electron chi connectivity index (χ1n) is 3.69. The second-order valence-corrected chi connectivity index (χ2v) is 4.29. The van der Waals surface area contributed by atoms with Crippen LogP contribution in [-0.4, -0.2) is 5.11 Å². The lowest BCUT2D eigenvalue weighted by Gasteiger charge is -2.06. The van der Waals surface area contributed by atoms with Crippen LogP contribution in [0.2, 0.25) is 0 Å². The zero-order valence-electron chi connectivity index (χ0n) is 6.05. The molecule has 11 heavy (non-hydrogen) atoms. The van der Waals surface area contributed by atoms with Gasteiger partial charge in [-0.1, -0.05) is 12.1 Å². The molecule has 1 aromatic carbocycles. The van der Waals surface area contributed by atoms with Gasteiger partial charge in [0.05, 0.1) is 5.60 Å². The summed E-state index contributed by atoms with van der Waals surface area (Å²) in [6, 6.07) is 8.08. The van der Waals surface area contributed by atoms with Crippen LogP contribution in [0.5, 0.6) is 0 Å². The predicted molar refractivity (Wildman–Crippen MR) is 52.3 cm³/mol. The summed E-state index contributed by atoms with van der Waals surface area (Å²) in [6.45, 7) is 0. The van der Waals surface area contributed by atoms with Gasteiger partial charge in [0, 0.05) is 3.57 Å². The van der Waals surface area contributed by atoms with E-state index in [-0.39, 0.29) is 0 Å². The third kappa shape index (κ3) is 1.42. The molecule has 1 nitrogen and oxygen atoms in total. The van der Waals surface area contributed by atoms with Crippen molar-refractivity contribution in [2.24, 2.45) is 0 Å². The molecule has 58 valence electrons. The van der Waals surface area contributed by atoms with Crippen molar-refractivity contribution in [1.82, 2.24) is 0 Å². The van der Waals surface area contributed by atoms with Gasteiger partial charge in [0.2, 0.25) is 0 Å². The van der Waals surface area contributed by atoms with Gasteiger partial charge in [-0.2, -0.15) is 0 Å². The topological polar surface area (TPSA) is 20.2 Å². The Morgan fingerprint density at radius 3 is 2.64 bits per heavy atom. The summed E-state index contributed by atoms with van der Waals surface area (Å²) >= 11 is 2.26. The maximum absolute atomic E-state index is 9.72. The minimum absolute atomic E-state index is 0.471. The van der Waals surface area contributed by atoms with Gasteiger partial charge < -0.3 is 5.11 Å². The third-order valence-corrected chi connectivity index (χ3v) is 2.76. The number of benzene rings is 1. The minimum Gasteiger partial charge on any atom is -0.385 e. The van der Waals surface area contributed by atoms with E-state index >= 15 is 0 Å². The molecule has 0 aliphatic heterocycles. The Kier molecular flexibility index (Phi) is 1.68. The summed E-state index contributed by atoms with van der Waals surface area (Å²) in [6.07, 6.45) is 1.85. The normalized spacial score (nSPS) is 19.8. The van der Waals surface area contributed by atoms with Crippen LogP contribution < -0.4 is 0 Å². The van der Waals surface area contributed by atoms with Gasteiger partial charge in [-0.3, -0.25) is 0 Å². The molecular formula is C9H9IO. The van der Waals surface area contributed by atoms with Crippen LogP contribution in [0.15, 0.2) is 24.3 Å². The smallest absolute Gasteiger partial charge is 0.0899 e. The van der Waals surface area contributed by atoms with Gasteiger partial charge >= 0.3 is 0 Å². The van der Waals surface area contributed by atoms with Crippen LogP contribution in [0, 0.1) is 3.57 Å². The molecule has 0 amide bonds. The van der Waals surface area contributed by atoms with Gasteiger partial charge in [0.25, 0.3) is 0 Å². The second-order valence-electron chi connectivity index (χ2n) is 3.04. The van der Waals surface area contributed by atoms with Gasteiger partial charge in [0.15, 0.2) is 0 Å². The summed E-state index contributed by atoms with van der Waals surface area (Å²) in [4.78, 5) is 0. The van der Waals surface area contributed by atoms with E-state index in [0.717, 1.165) is 18.4 Å². The van der Waals surface area contributed by atoms with Crippen LogP contribution in [0.3, 0.4) is 0 Å². The lowest BCUT2D eigenvalue weighted by atomic mass is 10.1. The largest absolute Gasteiger partial charge is 0.385 e. The van der Waals surface area contributed by atoms with Crippen LogP contribution >= 0.6 is 22.6 Å². The van der Waals surface area contributed by atoms with Crippen LogP contribution in [0.25, 0.3) is 0 Å². The van der Waals surface area contributed by atoms with E-state index in [1.807, 2.05) is 24.3 Å². The highest BCUT2D eigenvalue weighted by Gasteiger charge is 2.41. The predicted octanol–water partition coefficient (Wildman–Crippen LogP) is 2.27. The molecule has 2 rings (SSSR count). The molecule has 0 bridgehead atoms. The molecule has 0 atom stereocenters. The van der Waals surface area contributed by atoms with Gasteiger partial charge in [0.1, 0.15) is 0 Å². The summed E-state index contributed by atoms with van der Waals surface area (Å²) < 4.78 is 1.19. The minimum atomic E-state index is -0.471. The Hall–Kier alpha value is -0.0900. The average molecular weight is 260 g/mol. The highest BCUT2D eigenvalue weighted by Crippen LogP contribution is 2.45. The quantitative estimate of drug-likeness (QED) is 0.768. The number of rotatable bonds is 1. The molecule has 2 heteroatoms. The molecule has 1 aliphatic rings. The van der Waals surface area contributed by atoms with Gasteiger partial charge in [-0.25, -0.2) is 0 Å². The Balaban J connectivity index is 2.38. The standard InChI is InChI=1S/C9H9IO/c10-8-3-1-2-7(6-8)9(11)4-5-9/h1-3,6,11H,4-5H2. The van der Waals surface area contributed by atoms with E-state index in [2.05, 4.69) is 22.6 Å². The highest BCUT2D eigenvalue weighted by atomic mass is 127. The van der Waals surface area contributed by atoms with E-state index in [1.54, 1.807) is 0 Å². The van der Waals surface area contributed by atoms with Crippen LogP contribution in [0.4, 0.5) is 0 Å². The van der Waals surface area contributed by atoms with Crippen molar-refractivity contribution in [3.8, 4) is 0 Å². The van der Waals surface area contributed by atoms with Crippen molar-refractivity contribution in [2.45, 2.75) is 18.4 Å². The molecule has 1 aromatic rings. The summed E-state index contributed by atoms with van der Waals surface area (Å²) in [5.74, 6) is 0. The Bertz CT molecular complexity index is 279. The first-order valence-corrected chi connectivity index (χ1v) is 4.77. The highest BCUT2D eigenvalue weighted by molar-refractivity contribution is 14.1. The first-order chi connectivity index (χ1) is 5.21. The Morgan fingerprint density at radius 1 is 1.36 bits per heavy atom. The molecule has 0 spiro atoms. The van der Waals surface area contributed by atoms with Crippen molar-refractivity contribution >= 4 is 22.6 Å². The molecule has 1 aliphatic carbocycles. The van der Waals surface area contributed by atoms with E-state index in [0.29, 0.717) is 0 Å². The number of hydrogen-bond acceptors (Lipinski definition) is 1. The SMILES string of the molecule is OC1(c2cccc(I)c2)CC1. The molecule has 0 saturated heterocycles. The molecular weight excluding hydrogens is 251 g/mol. The number of hydrogen-bond donors (Lipinski definition) is 1. The average Bonchev–Trinajstić information content (AvgIpc) is 2.70. The van der Waals surface area contributed by atoms with Crippen LogP contribution in [0.1, 0.15) is 18.4 Å². The van der Waals surface area contributed by atoms with E-state index in [1.165, 1.54) is 3.57 Å². The van der Waals surface area contributed by atoms with E-state index < -0.39 is 5.60 Å². The Morgan fingerprint density at radius 2 is 2.09 bits per heavy atom. The van der Waals surface area contributed by atoms with Crippen molar-refractivity contribution in [2.75, 3.05) is 0 Å². The summed E-state index contributed by atoms with van der Waals surface area (Å²) in [5.41, 5.74) is 0.602. The molecule has 0 aromatic heterocycles. The third-order valence-electron chi connectivity index (χ3n) is 2.09. The zero-order chi connectivity index (χ0) is 7.90. The van der Waals surface area contributed by atoms with E-state index in [4.69, 9.17) is 0 Å². The fraction of sp³-hybridized carbons (Fsp3) is 0.333. The lowest BCUT2D eigenvalue weighted by molar-refractivity contribution is 0.151. The molecule has 1 N–H and O–H groups in total. The summed E-state index contributed by atoms with van der Waals surface area (Å²) in [5, 5.41) is 9.72. The monoisotopic (exact) mass is 260 g/mol. The molecule has 0 radical (unpaired) electrons. The zero-order valence-corrected chi connectivity index (χ0v) is 8.21. The van der Waals surface area contributed by atoms with Crippen molar-refractivity contribution < 1.29 is 5.11 Å². The van der Waals surface area contributed by atoms with Crippen LogP contribution in [-0.2, 0) is 5.60 Å². The number of aliphatic hydroxyl groups is 1. The fourth-order valence-electron chi connectivity index (χ4n) is 1.19. The first kappa shape index (κ1) is 7.55. The second kappa shape index (κ2) is 2.45. The fourth-order valence-corrected chi connectivity index (χ4v) is 1.73. The van der Waals surface area contributed by atoms with Crippen molar-refractivity contribution in [1.29, 1.82) is 0 Å². The molecule has 0 unspecified atom stereocenters. The van der Waals surface area contributed by atoms with Crippen molar-refractivity contribution in [3.63, 3.8) is 0 Å². The lowest BCUT2D eigenvalue weighted by Crippen LogP contribution is -2.03. The Labute approximate surface area is 79.6 Å².